The highest BCUT2D eigenvalue weighted by molar-refractivity contribution is 7.92. The minimum Gasteiger partial charge on any atom is -0.312 e. The second-order valence-corrected chi connectivity index (χ2v) is 9.91. The van der Waals surface area contributed by atoms with Crippen LogP contribution in [0.15, 0.2) is 53.4 Å². The van der Waals surface area contributed by atoms with Crippen molar-refractivity contribution in [2.45, 2.75) is 31.1 Å². The average Bonchev–Trinajstić information content (AvgIpc) is 3.29. The second-order valence-electron chi connectivity index (χ2n) is 7.12. The zero-order chi connectivity index (χ0) is 21.3. The molecule has 6 nitrogen and oxygen atoms in total. The van der Waals surface area contributed by atoms with Crippen molar-refractivity contribution in [3.05, 3.63) is 75.7 Å². The molecule has 0 spiro atoms. The van der Waals surface area contributed by atoms with Gasteiger partial charge in [-0.25, -0.2) is 8.42 Å². The van der Waals surface area contributed by atoms with Crippen LogP contribution in [0.4, 0.5) is 10.7 Å². The highest BCUT2D eigenvalue weighted by Gasteiger charge is 2.23. The predicted octanol–water partition coefficient (Wildman–Crippen LogP) is 4.47. The predicted molar refractivity (Wildman–Crippen MR) is 117 cm³/mol. The number of carbonyl (C=O) groups is 1. The highest BCUT2D eigenvalue weighted by atomic mass is 32.2. The molecule has 2 N–H and O–H groups in total. The maximum Gasteiger partial charge on any atom is 0.261 e. The Balaban J connectivity index is 1.48. The van der Waals surface area contributed by atoms with Gasteiger partial charge in [0.1, 0.15) is 11.1 Å². The fraction of sp³-hybridized carbons (Fsp3) is 0.182. The molecule has 8 heteroatoms. The Bertz CT molecular complexity index is 1250. The Hall–Kier alpha value is -3.15. The molecular formula is C22H19N3O3S2. The molecule has 30 heavy (non-hydrogen) atoms. The zero-order valence-corrected chi connectivity index (χ0v) is 17.9. The normalized spacial score (nSPS) is 12.8. The molecule has 1 aliphatic carbocycles. The number of aryl methyl sites for hydroxylation is 2. The lowest BCUT2D eigenvalue weighted by Crippen LogP contribution is -2.14. The monoisotopic (exact) mass is 437 g/mol. The summed E-state index contributed by atoms with van der Waals surface area (Å²) in [6.45, 7) is 1.89. The van der Waals surface area contributed by atoms with Crippen molar-refractivity contribution in [2.75, 3.05) is 10.0 Å². The van der Waals surface area contributed by atoms with Gasteiger partial charge < -0.3 is 5.32 Å². The summed E-state index contributed by atoms with van der Waals surface area (Å²) in [7, 11) is -3.70. The van der Waals surface area contributed by atoms with Crippen molar-refractivity contribution < 1.29 is 13.2 Å². The molecule has 0 aliphatic heterocycles. The third kappa shape index (κ3) is 3.95. The fourth-order valence-corrected chi connectivity index (χ4v) is 5.70. The van der Waals surface area contributed by atoms with Crippen LogP contribution in [0.1, 0.15) is 38.3 Å². The minimum absolute atomic E-state index is 0.171. The summed E-state index contributed by atoms with van der Waals surface area (Å²) in [5.74, 6) is -0.334. The third-order valence-electron chi connectivity index (χ3n) is 4.99. The van der Waals surface area contributed by atoms with Gasteiger partial charge in [0.25, 0.3) is 15.9 Å². The zero-order valence-electron chi connectivity index (χ0n) is 16.2. The Morgan fingerprint density at radius 1 is 1.07 bits per heavy atom. The molecule has 1 aromatic heterocycles. The molecule has 152 valence electrons. The fourth-order valence-electron chi connectivity index (χ4n) is 3.41. The van der Waals surface area contributed by atoms with E-state index in [1.54, 1.807) is 48.5 Å². The van der Waals surface area contributed by atoms with E-state index < -0.39 is 10.0 Å². The van der Waals surface area contributed by atoms with Crippen molar-refractivity contribution in [2.24, 2.45) is 0 Å². The third-order valence-corrected chi connectivity index (χ3v) is 7.60. The number of amides is 1. The Morgan fingerprint density at radius 2 is 1.77 bits per heavy atom. The van der Waals surface area contributed by atoms with Crippen LogP contribution in [0.25, 0.3) is 0 Å². The van der Waals surface area contributed by atoms with E-state index in [0.717, 1.165) is 30.4 Å². The van der Waals surface area contributed by atoms with Gasteiger partial charge in [-0.15, -0.1) is 11.3 Å². The maximum absolute atomic E-state index is 12.6. The summed E-state index contributed by atoms with van der Waals surface area (Å²) in [4.78, 5) is 13.9. The molecule has 0 fully saturated rings. The molecule has 2 aromatic carbocycles. The van der Waals surface area contributed by atoms with Crippen LogP contribution in [0.3, 0.4) is 0 Å². The van der Waals surface area contributed by atoms with E-state index >= 15 is 0 Å². The number of nitrogens with one attached hydrogen (secondary N) is 2. The number of rotatable bonds is 5. The van der Waals surface area contributed by atoms with Gasteiger partial charge in [0.2, 0.25) is 0 Å². The minimum atomic E-state index is -3.70. The van der Waals surface area contributed by atoms with Crippen molar-refractivity contribution in [3.63, 3.8) is 0 Å². The van der Waals surface area contributed by atoms with Gasteiger partial charge in [-0.3, -0.25) is 9.52 Å². The van der Waals surface area contributed by atoms with Crippen LogP contribution < -0.4 is 10.0 Å². The number of sulfonamides is 1. The lowest BCUT2D eigenvalue weighted by Gasteiger charge is -2.09. The van der Waals surface area contributed by atoms with E-state index in [0.29, 0.717) is 21.8 Å². The first-order chi connectivity index (χ1) is 14.4. The number of thiophene rings is 1. The summed E-state index contributed by atoms with van der Waals surface area (Å²) in [6, 6.07) is 15.0. The van der Waals surface area contributed by atoms with Gasteiger partial charge in [-0.1, -0.05) is 17.7 Å². The summed E-state index contributed by atoms with van der Waals surface area (Å²) in [5.41, 5.74) is 3.33. The van der Waals surface area contributed by atoms with Crippen LogP contribution in [0, 0.1) is 18.3 Å². The topological polar surface area (TPSA) is 99.1 Å². The molecule has 0 radical (unpaired) electrons. The summed E-state index contributed by atoms with van der Waals surface area (Å²) in [5, 5.41) is 12.9. The number of carbonyl (C=O) groups excluding carboxylic acids is 1. The van der Waals surface area contributed by atoms with Gasteiger partial charge in [0, 0.05) is 16.1 Å². The molecule has 0 unspecified atom stereocenters. The lowest BCUT2D eigenvalue weighted by molar-refractivity contribution is 0.102. The van der Waals surface area contributed by atoms with Crippen LogP contribution in [0.5, 0.6) is 0 Å². The summed E-state index contributed by atoms with van der Waals surface area (Å²) < 4.78 is 27.5. The highest BCUT2D eigenvalue weighted by Crippen LogP contribution is 2.38. The number of anilines is 2. The molecule has 0 saturated heterocycles. The van der Waals surface area contributed by atoms with E-state index in [9.17, 15) is 18.5 Å². The van der Waals surface area contributed by atoms with Crippen molar-refractivity contribution in [3.8, 4) is 6.07 Å². The molecule has 0 atom stereocenters. The van der Waals surface area contributed by atoms with E-state index in [1.807, 2.05) is 6.92 Å². The second kappa shape index (κ2) is 7.94. The lowest BCUT2D eigenvalue weighted by atomic mass is 10.1. The number of nitrogens with zero attached hydrogens (tertiary/aromatic N) is 1. The quantitative estimate of drug-likeness (QED) is 0.615. The molecule has 1 heterocycles. The van der Waals surface area contributed by atoms with Crippen molar-refractivity contribution >= 4 is 38.0 Å². The molecule has 0 bridgehead atoms. The van der Waals surface area contributed by atoms with Crippen LogP contribution in [-0.2, 0) is 22.9 Å². The molecule has 1 aliphatic rings. The number of hydrogen-bond acceptors (Lipinski definition) is 5. The van der Waals surface area contributed by atoms with Crippen LogP contribution >= 0.6 is 11.3 Å². The van der Waals surface area contributed by atoms with Gasteiger partial charge in [-0.05, 0) is 68.1 Å². The Kier molecular flexibility index (Phi) is 5.33. The van der Waals surface area contributed by atoms with E-state index in [1.165, 1.54) is 16.2 Å². The molecule has 3 aromatic rings. The smallest absolute Gasteiger partial charge is 0.261 e. The summed E-state index contributed by atoms with van der Waals surface area (Å²) >= 11 is 1.46. The first kappa shape index (κ1) is 20.1. The first-order valence-electron chi connectivity index (χ1n) is 9.43. The molecule has 0 saturated carbocycles. The van der Waals surface area contributed by atoms with Gasteiger partial charge in [0.15, 0.2) is 0 Å². The average molecular weight is 438 g/mol. The number of benzene rings is 2. The number of hydrogen-bond donors (Lipinski definition) is 2. The van der Waals surface area contributed by atoms with E-state index in [-0.39, 0.29) is 10.8 Å². The van der Waals surface area contributed by atoms with E-state index in [4.69, 9.17) is 0 Å². The van der Waals surface area contributed by atoms with Crippen molar-refractivity contribution in [1.82, 2.24) is 0 Å². The SMILES string of the molecule is Cc1ccc(S(=O)(=O)Nc2ccc(C(=O)Nc3sc4c(c3C#N)CCC4)cc2)cc1. The van der Waals surface area contributed by atoms with Gasteiger partial charge in [-0.2, -0.15) is 5.26 Å². The van der Waals surface area contributed by atoms with E-state index in [2.05, 4.69) is 16.1 Å². The van der Waals surface area contributed by atoms with Crippen molar-refractivity contribution in [1.29, 1.82) is 5.26 Å². The summed E-state index contributed by atoms with van der Waals surface area (Å²) in [6.07, 6.45) is 2.87. The molecule has 1 amide bonds. The Morgan fingerprint density at radius 3 is 2.43 bits per heavy atom. The molecular weight excluding hydrogens is 418 g/mol. The maximum atomic E-state index is 12.6. The Labute approximate surface area is 179 Å². The van der Waals surface area contributed by atoms with Crippen LogP contribution in [0.2, 0.25) is 0 Å². The standard InChI is InChI=1S/C22H19N3O3S2/c1-14-5-11-17(12-6-14)30(27,28)25-16-9-7-15(8-10-16)21(26)24-22-19(13-23)18-3-2-4-20(18)29-22/h5-12,25H,2-4H2,1H3,(H,24,26). The number of nitriles is 1. The largest absolute Gasteiger partial charge is 0.312 e. The van der Waals surface area contributed by atoms with Gasteiger partial charge in [0.05, 0.1) is 10.5 Å². The van der Waals surface area contributed by atoms with Gasteiger partial charge >= 0.3 is 0 Å². The molecule has 4 rings (SSSR count). The first-order valence-corrected chi connectivity index (χ1v) is 11.7. The van der Waals surface area contributed by atoms with Crippen LogP contribution in [-0.4, -0.2) is 14.3 Å². The number of fused-ring (bicyclic) bond motifs is 1.